The van der Waals surface area contributed by atoms with E-state index in [4.69, 9.17) is 0 Å². The van der Waals surface area contributed by atoms with Crippen molar-refractivity contribution in [1.82, 2.24) is 9.55 Å². The van der Waals surface area contributed by atoms with Gasteiger partial charge in [0.15, 0.2) is 0 Å². The molecule has 1 heterocycles. The highest BCUT2D eigenvalue weighted by atomic mass is 15.0. The molecule has 2 nitrogen and oxygen atoms in total. The van der Waals surface area contributed by atoms with Crippen LogP contribution in [0.15, 0.2) is 18.7 Å². The second kappa shape index (κ2) is 3.30. The number of imidazole rings is 1. The summed E-state index contributed by atoms with van der Waals surface area (Å²) in [5.74, 6) is 0.888. The van der Waals surface area contributed by atoms with Crippen LogP contribution in [0.5, 0.6) is 0 Å². The topological polar surface area (TPSA) is 17.8 Å². The van der Waals surface area contributed by atoms with Gasteiger partial charge in [0.05, 0.1) is 6.33 Å². The van der Waals surface area contributed by atoms with Crippen molar-refractivity contribution in [2.75, 3.05) is 0 Å². The largest absolute Gasteiger partial charge is 0.334 e. The van der Waals surface area contributed by atoms with Crippen molar-refractivity contribution < 1.29 is 0 Å². The van der Waals surface area contributed by atoms with Crippen molar-refractivity contribution >= 4 is 0 Å². The summed E-state index contributed by atoms with van der Waals surface area (Å²) in [6, 6.07) is 0.648. The van der Waals surface area contributed by atoms with Gasteiger partial charge in [-0.1, -0.05) is 12.8 Å². The summed E-state index contributed by atoms with van der Waals surface area (Å²) in [5, 5.41) is 0. The molecule has 0 N–H and O–H groups in total. The lowest BCUT2D eigenvalue weighted by Gasteiger charge is -2.19. The molecule has 12 heavy (non-hydrogen) atoms. The molecule has 1 atom stereocenters. The zero-order valence-electron chi connectivity index (χ0n) is 7.61. The summed E-state index contributed by atoms with van der Waals surface area (Å²) >= 11 is 0. The molecule has 0 saturated heterocycles. The fraction of sp³-hybridized carbons (Fsp3) is 0.700. The standard InChI is InChI=1S/C10H16N2/c1-9(10-4-2-3-5-10)12-7-6-11-8-12/h6-10H,2-5H2,1H3/t9-/m0/s1. The van der Waals surface area contributed by atoms with E-state index in [9.17, 15) is 0 Å². The van der Waals surface area contributed by atoms with Crippen LogP contribution in [0, 0.1) is 5.92 Å². The lowest BCUT2D eigenvalue weighted by molar-refractivity contribution is 0.360. The van der Waals surface area contributed by atoms with Gasteiger partial charge in [-0.2, -0.15) is 0 Å². The maximum absolute atomic E-state index is 4.08. The fourth-order valence-electron chi connectivity index (χ4n) is 2.19. The van der Waals surface area contributed by atoms with Crippen LogP contribution in [0.3, 0.4) is 0 Å². The molecule has 0 spiro atoms. The number of aromatic nitrogens is 2. The second-order valence-electron chi connectivity index (χ2n) is 3.80. The molecule has 0 aliphatic heterocycles. The molecule has 0 aromatic carbocycles. The summed E-state index contributed by atoms with van der Waals surface area (Å²) in [6.07, 6.45) is 11.5. The first-order chi connectivity index (χ1) is 5.88. The Bertz CT molecular complexity index is 222. The second-order valence-corrected chi connectivity index (χ2v) is 3.80. The summed E-state index contributed by atoms with van der Waals surface area (Å²) in [6.45, 7) is 2.30. The minimum absolute atomic E-state index is 0.648. The average molecular weight is 164 g/mol. The van der Waals surface area contributed by atoms with Gasteiger partial charge >= 0.3 is 0 Å². The molecule has 0 unspecified atom stereocenters. The summed E-state index contributed by atoms with van der Waals surface area (Å²) in [7, 11) is 0. The lowest BCUT2D eigenvalue weighted by atomic mass is 10.00. The molecule has 0 bridgehead atoms. The quantitative estimate of drug-likeness (QED) is 0.657. The summed E-state index contributed by atoms with van der Waals surface area (Å²) < 4.78 is 2.23. The van der Waals surface area contributed by atoms with Crippen LogP contribution in [0.1, 0.15) is 38.6 Å². The third kappa shape index (κ3) is 1.38. The minimum atomic E-state index is 0.648. The predicted molar refractivity (Wildman–Crippen MR) is 48.9 cm³/mol. The van der Waals surface area contributed by atoms with E-state index in [1.54, 1.807) is 0 Å². The Kier molecular flexibility index (Phi) is 2.15. The van der Waals surface area contributed by atoms with Gasteiger partial charge in [0, 0.05) is 18.4 Å². The molecule has 1 aromatic heterocycles. The van der Waals surface area contributed by atoms with Gasteiger partial charge < -0.3 is 4.57 Å². The lowest BCUT2D eigenvalue weighted by Crippen LogP contribution is -2.12. The first kappa shape index (κ1) is 7.84. The van der Waals surface area contributed by atoms with Gasteiger partial charge in [0.2, 0.25) is 0 Å². The molecule has 66 valence electrons. The SMILES string of the molecule is C[C@@H](C1CCCC1)n1ccnc1. The first-order valence-electron chi connectivity index (χ1n) is 4.85. The van der Waals surface area contributed by atoms with E-state index in [1.165, 1.54) is 25.7 Å². The van der Waals surface area contributed by atoms with Gasteiger partial charge in [-0.15, -0.1) is 0 Å². The Morgan fingerprint density at radius 1 is 1.42 bits per heavy atom. The molecule has 1 aliphatic carbocycles. The number of rotatable bonds is 2. The van der Waals surface area contributed by atoms with Crippen molar-refractivity contribution in [2.45, 2.75) is 38.6 Å². The van der Waals surface area contributed by atoms with Crippen molar-refractivity contribution in [3.05, 3.63) is 18.7 Å². The van der Waals surface area contributed by atoms with E-state index in [0.29, 0.717) is 6.04 Å². The Morgan fingerprint density at radius 2 is 2.17 bits per heavy atom. The van der Waals surface area contributed by atoms with E-state index >= 15 is 0 Å². The highest BCUT2D eigenvalue weighted by molar-refractivity contribution is 4.83. The Balaban J connectivity index is 2.04. The third-order valence-electron chi connectivity index (χ3n) is 3.08. The highest BCUT2D eigenvalue weighted by Crippen LogP contribution is 2.33. The molecule has 1 saturated carbocycles. The minimum Gasteiger partial charge on any atom is -0.334 e. The molecule has 1 aromatic rings. The van der Waals surface area contributed by atoms with Crippen LogP contribution in [0.2, 0.25) is 0 Å². The van der Waals surface area contributed by atoms with Crippen LogP contribution < -0.4 is 0 Å². The van der Waals surface area contributed by atoms with E-state index in [0.717, 1.165) is 5.92 Å². The van der Waals surface area contributed by atoms with Crippen molar-refractivity contribution in [1.29, 1.82) is 0 Å². The Morgan fingerprint density at radius 3 is 2.75 bits per heavy atom. The number of nitrogens with zero attached hydrogens (tertiary/aromatic N) is 2. The fourth-order valence-corrected chi connectivity index (χ4v) is 2.19. The molecule has 2 rings (SSSR count). The van der Waals surface area contributed by atoms with E-state index < -0.39 is 0 Å². The van der Waals surface area contributed by atoms with Crippen molar-refractivity contribution in [3.63, 3.8) is 0 Å². The molecule has 0 radical (unpaired) electrons. The van der Waals surface area contributed by atoms with Gasteiger partial charge in [-0.25, -0.2) is 4.98 Å². The monoisotopic (exact) mass is 164 g/mol. The van der Waals surface area contributed by atoms with Crippen LogP contribution >= 0.6 is 0 Å². The van der Waals surface area contributed by atoms with Gasteiger partial charge in [-0.05, 0) is 25.7 Å². The zero-order valence-corrected chi connectivity index (χ0v) is 7.61. The number of hydrogen-bond acceptors (Lipinski definition) is 1. The van der Waals surface area contributed by atoms with Crippen molar-refractivity contribution in [2.24, 2.45) is 5.92 Å². The van der Waals surface area contributed by atoms with Crippen LogP contribution in [-0.4, -0.2) is 9.55 Å². The predicted octanol–water partition coefficient (Wildman–Crippen LogP) is 2.63. The van der Waals surface area contributed by atoms with E-state index in [2.05, 4.69) is 22.7 Å². The molecule has 2 heteroatoms. The first-order valence-corrected chi connectivity index (χ1v) is 4.85. The normalized spacial score (nSPS) is 21.4. The van der Waals surface area contributed by atoms with Crippen LogP contribution in [-0.2, 0) is 0 Å². The number of hydrogen-bond donors (Lipinski definition) is 0. The zero-order chi connectivity index (χ0) is 8.39. The van der Waals surface area contributed by atoms with Crippen LogP contribution in [0.4, 0.5) is 0 Å². The third-order valence-corrected chi connectivity index (χ3v) is 3.08. The molecule has 1 fully saturated rings. The van der Waals surface area contributed by atoms with Crippen LogP contribution in [0.25, 0.3) is 0 Å². The molecule has 1 aliphatic rings. The highest BCUT2D eigenvalue weighted by Gasteiger charge is 2.21. The van der Waals surface area contributed by atoms with E-state index in [-0.39, 0.29) is 0 Å². The van der Waals surface area contributed by atoms with Gasteiger partial charge in [0.1, 0.15) is 0 Å². The molecular weight excluding hydrogens is 148 g/mol. The average Bonchev–Trinajstić information content (AvgIpc) is 2.77. The molecular formula is C10H16N2. The summed E-state index contributed by atoms with van der Waals surface area (Å²) in [4.78, 5) is 4.08. The summed E-state index contributed by atoms with van der Waals surface area (Å²) in [5.41, 5.74) is 0. The Hall–Kier alpha value is -0.790. The molecule has 0 amide bonds. The van der Waals surface area contributed by atoms with E-state index in [1.807, 2.05) is 12.5 Å². The Labute approximate surface area is 73.6 Å². The van der Waals surface area contributed by atoms with Gasteiger partial charge in [0.25, 0.3) is 0 Å². The van der Waals surface area contributed by atoms with Crippen molar-refractivity contribution in [3.8, 4) is 0 Å². The maximum atomic E-state index is 4.08. The maximum Gasteiger partial charge on any atom is 0.0948 e. The smallest absolute Gasteiger partial charge is 0.0948 e. The van der Waals surface area contributed by atoms with Gasteiger partial charge in [-0.3, -0.25) is 0 Å².